The maximum atomic E-state index is 13.7. The van der Waals surface area contributed by atoms with E-state index < -0.39 is 30.3 Å². The number of ether oxygens (including phenoxy) is 1. The topological polar surface area (TPSA) is 119 Å². The normalized spacial score (nSPS) is 24.0. The third-order valence-corrected chi connectivity index (χ3v) is 6.58. The van der Waals surface area contributed by atoms with Gasteiger partial charge in [0.1, 0.15) is 11.9 Å². The highest BCUT2D eigenvalue weighted by molar-refractivity contribution is 5.82. The number of rotatable bonds is 5. The van der Waals surface area contributed by atoms with E-state index in [4.69, 9.17) is 10.3 Å². The van der Waals surface area contributed by atoms with Crippen molar-refractivity contribution in [3.8, 4) is 0 Å². The first-order valence-corrected chi connectivity index (χ1v) is 11.2. The molecule has 4 atom stereocenters. The highest BCUT2D eigenvalue weighted by Crippen LogP contribution is 2.37. The Morgan fingerprint density at radius 1 is 1.26 bits per heavy atom. The summed E-state index contributed by atoms with van der Waals surface area (Å²) >= 11 is 0. The van der Waals surface area contributed by atoms with E-state index in [0.717, 1.165) is 16.7 Å². The molecule has 0 unspecified atom stereocenters. The Balaban J connectivity index is 1.63. The van der Waals surface area contributed by atoms with E-state index in [2.05, 4.69) is 10.0 Å². The lowest BCUT2D eigenvalue weighted by Gasteiger charge is -2.43. The highest BCUT2D eigenvalue weighted by Gasteiger charge is 2.42. The monoisotopic (exact) mass is 467 g/mol. The first kappa shape index (κ1) is 23.5. The minimum atomic E-state index is -1.14. The predicted molar refractivity (Wildman–Crippen MR) is 122 cm³/mol. The number of likely N-dealkylation sites (N-methyl/N-ethyl adjacent to an activating group) is 1. The summed E-state index contributed by atoms with van der Waals surface area (Å²) in [7, 11) is 0. The molecule has 34 heavy (non-hydrogen) atoms. The van der Waals surface area contributed by atoms with Crippen molar-refractivity contribution < 1.29 is 23.8 Å². The molecule has 9 nitrogen and oxygen atoms in total. The number of carbonyl (C=O) groups is 2. The number of nitrogens with zero attached hydrogens (tertiary/aromatic N) is 5. The van der Waals surface area contributed by atoms with Gasteiger partial charge in [-0.1, -0.05) is 41.5 Å². The quantitative estimate of drug-likeness (QED) is 0.404. The van der Waals surface area contributed by atoms with Crippen LogP contribution >= 0.6 is 0 Å². The molecule has 2 aliphatic heterocycles. The molecule has 2 amide bonds. The second kappa shape index (κ2) is 10.1. The third-order valence-electron chi connectivity index (χ3n) is 6.58. The van der Waals surface area contributed by atoms with Gasteiger partial charge in [0.25, 0.3) is 5.91 Å². The Bertz CT molecular complexity index is 1100. The van der Waals surface area contributed by atoms with Crippen LogP contribution in [0.2, 0.25) is 0 Å². The van der Waals surface area contributed by atoms with Crippen LogP contribution in [0.1, 0.15) is 36.1 Å². The third kappa shape index (κ3) is 4.55. The molecule has 2 aromatic rings. The van der Waals surface area contributed by atoms with Crippen LogP contribution in [0.25, 0.3) is 10.4 Å². The van der Waals surface area contributed by atoms with E-state index in [1.165, 1.54) is 17.0 Å². The van der Waals surface area contributed by atoms with Crippen LogP contribution < -0.4 is 0 Å². The molecule has 0 saturated carbocycles. The van der Waals surface area contributed by atoms with Crippen LogP contribution in [0.3, 0.4) is 0 Å². The fourth-order valence-corrected chi connectivity index (χ4v) is 4.94. The standard InChI is InChI=1S/C24H26FN5O4/c1-2-29(24(32)33)20-14-34-21(13-19(20)27-28-26)23(31)30-12-11-15-5-3-4-6-18(15)22(30)16-7-9-17(25)10-8-16/h3-10,19-22H,2,11-14H2,1H3,(H,32,33)/t19-,20-,21+,22-/m0/s1. The van der Waals surface area contributed by atoms with Gasteiger partial charge in [0.2, 0.25) is 0 Å². The van der Waals surface area contributed by atoms with E-state index in [-0.39, 0.29) is 31.3 Å². The fourth-order valence-electron chi connectivity index (χ4n) is 4.94. The van der Waals surface area contributed by atoms with Crippen LogP contribution in [-0.2, 0) is 16.0 Å². The van der Waals surface area contributed by atoms with Gasteiger partial charge in [0.05, 0.1) is 24.7 Å². The molecule has 1 fully saturated rings. The molecule has 0 aromatic heterocycles. The first-order chi connectivity index (χ1) is 16.4. The van der Waals surface area contributed by atoms with Crippen molar-refractivity contribution in [2.24, 2.45) is 5.11 Å². The van der Waals surface area contributed by atoms with Crippen LogP contribution in [0.15, 0.2) is 53.6 Å². The number of carboxylic acid groups (broad SMARTS) is 1. The zero-order chi connectivity index (χ0) is 24.2. The molecule has 4 rings (SSSR count). The average Bonchev–Trinajstić information content (AvgIpc) is 2.85. The highest BCUT2D eigenvalue weighted by atomic mass is 19.1. The minimum absolute atomic E-state index is 0.0497. The van der Waals surface area contributed by atoms with Crippen LogP contribution in [0.4, 0.5) is 9.18 Å². The molecular formula is C24H26FN5O4. The first-order valence-electron chi connectivity index (χ1n) is 11.2. The number of fused-ring (bicyclic) bond motifs is 1. The van der Waals surface area contributed by atoms with Crippen molar-refractivity contribution in [2.45, 2.75) is 44.0 Å². The van der Waals surface area contributed by atoms with E-state index in [1.54, 1.807) is 24.0 Å². The number of amides is 2. The second-order valence-corrected chi connectivity index (χ2v) is 8.40. The van der Waals surface area contributed by atoms with E-state index in [0.29, 0.717) is 13.0 Å². The van der Waals surface area contributed by atoms with Crippen molar-refractivity contribution >= 4 is 12.0 Å². The van der Waals surface area contributed by atoms with Crippen molar-refractivity contribution in [3.63, 3.8) is 0 Å². The van der Waals surface area contributed by atoms with Crippen LogP contribution in [0, 0.1) is 5.82 Å². The summed E-state index contributed by atoms with van der Waals surface area (Å²) in [5.74, 6) is -0.623. The molecule has 10 heteroatoms. The Morgan fingerprint density at radius 2 is 2.00 bits per heavy atom. The molecule has 2 heterocycles. The predicted octanol–water partition coefficient (Wildman–Crippen LogP) is 4.14. The molecule has 0 aliphatic carbocycles. The number of benzene rings is 2. The summed E-state index contributed by atoms with van der Waals surface area (Å²) in [6.45, 7) is 2.29. The summed E-state index contributed by atoms with van der Waals surface area (Å²) in [5.41, 5.74) is 11.9. The van der Waals surface area contributed by atoms with Crippen molar-refractivity contribution in [2.75, 3.05) is 19.7 Å². The van der Waals surface area contributed by atoms with Crippen LogP contribution in [0.5, 0.6) is 0 Å². The van der Waals surface area contributed by atoms with Gasteiger partial charge in [-0.15, -0.1) is 0 Å². The van der Waals surface area contributed by atoms with E-state index in [1.807, 2.05) is 24.3 Å². The number of hydrogen-bond acceptors (Lipinski definition) is 4. The molecule has 1 N–H and O–H groups in total. The lowest BCUT2D eigenvalue weighted by molar-refractivity contribution is -0.152. The van der Waals surface area contributed by atoms with E-state index in [9.17, 15) is 19.1 Å². The summed E-state index contributed by atoms with van der Waals surface area (Å²) in [6.07, 6.45) is -1.28. The molecule has 1 saturated heterocycles. The molecule has 0 radical (unpaired) electrons. The molecule has 0 bridgehead atoms. The van der Waals surface area contributed by atoms with Gasteiger partial charge in [0, 0.05) is 18.0 Å². The summed E-state index contributed by atoms with van der Waals surface area (Å²) in [5, 5.41) is 13.3. The Hall–Kier alpha value is -3.62. The van der Waals surface area contributed by atoms with Crippen LogP contribution in [-0.4, -0.2) is 64.8 Å². The maximum absolute atomic E-state index is 13.7. The zero-order valence-corrected chi connectivity index (χ0v) is 18.7. The molecule has 2 aliphatic rings. The lowest BCUT2D eigenvalue weighted by atomic mass is 9.87. The van der Waals surface area contributed by atoms with Gasteiger partial charge >= 0.3 is 6.09 Å². The molecule has 178 valence electrons. The number of halogens is 1. The Kier molecular flexibility index (Phi) is 7.00. The van der Waals surface area contributed by atoms with Gasteiger partial charge < -0.3 is 19.6 Å². The van der Waals surface area contributed by atoms with Gasteiger partial charge in [-0.2, -0.15) is 0 Å². The lowest BCUT2D eigenvalue weighted by Crippen LogP contribution is -2.56. The number of hydrogen-bond donors (Lipinski definition) is 1. The second-order valence-electron chi connectivity index (χ2n) is 8.40. The average molecular weight is 468 g/mol. The molecule has 2 aromatic carbocycles. The molecule has 0 spiro atoms. The molecular weight excluding hydrogens is 441 g/mol. The zero-order valence-electron chi connectivity index (χ0n) is 18.7. The van der Waals surface area contributed by atoms with E-state index >= 15 is 0 Å². The van der Waals surface area contributed by atoms with Gasteiger partial charge in [-0.3, -0.25) is 4.79 Å². The number of carbonyl (C=O) groups excluding carboxylic acids is 1. The van der Waals surface area contributed by atoms with Gasteiger partial charge in [0.15, 0.2) is 0 Å². The minimum Gasteiger partial charge on any atom is -0.465 e. The summed E-state index contributed by atoms with van der Waals surface area (Å²) in [4.78, 5) is 31.1. The van der Waals surface area contributed by atoms with Crippen molar-refractivity contribution in [1.82, 2.24) is 9.80 Å². The van der Waals surface area contributed by atoms with Gasteiger partial charge in [-0.05, 0) is 54.1 Å². The largest absolute Gasteiger partial charge is 0.465 e. The maximum Gasteiger partial charge on any atom is 0.407 e. The fraction of sp³-hybridized carbons (Fsp3) is 0.417. The summed E-state index contributed by atoms with van der Waals surface area (Å²) < 4.78 is 19.5. The SMILES string of the molecule is CCN(C(=O)O)[C@H]1CO[C@@H](C(=O)N2CCc3ccccc3[C@@H]2c2ccc(F)cc2)C[C@@H]1N=[N+]=[N-]. The number of azide groups is 1. The van der Waals surface area contributed by atoms with Crippen molar-refractivity contribution in [3.05, 3.63) is 81.5 Å². The van der Waals surface area contributed by atoms with Crippen molar-refractivity contribution in [1.29, 1.82) is 0 Å². The Labute approximate surface area is 196 Å². The summed E-state index contributed by atoms with van der Waals surface area (Å²) in [6, 6.07) is 12.1. The smallest absolute Gasteiger partial charge is 0.407 e. The van der Waals surface area contributed by atoms with Gasteiger partial charge in [-0.25, -0.2) is 9.18 Å². The Morgan fingerprint density at radius 3 is 2.68 bits per heavy atom.